The molecule has 2 aromatic rings. The third kappa shape index (κ3) is 5.42. The fourth-order valence-electron chi connectivity index (χ4n) is 2.20. The third-order valence-electron chi connectivity index (χ3n) is 3.33. The monoisotopic (exact) mass is 418 g/mol. The molecule has 0 aliphatic carbocycles. The van der Waals surface area contributed by atoms with E-state index >= 15 is 0 Å². The summed E-state index contributed by atoms with van der Waals surface area (Å²) in [6.07, 6.45) is 0.706. The average molecular weight is 419 g/mol. The van der Waals surface area contributed by atoms with Crippen molar-refractivity contribution in [2.75, 3.05) is 17.2 Å². The van der Waals surface area contributed by atoms with Gasteiger partial charge in [-0.05, 0) is 42.8 Å². The van der Waals surface area contributed by atoms with Gasteiger partial charge in [-0.25, -0.2) is 4.79 Å². The molecule has 26 heavy (non-hydrogen) atoms. The lowest BCUT2D eigenvalue weighted by atomic mass is 10.1. The predicted molar refractivity (Wildman–Crippen MR) is 103 cm³/mol. The Morgan fingerprint density at radius 3 is 2.54 bits per heavy atom. The maximum Gasteiger partial charge on any atom is 0.340 e. The normalized spacial score (nSPS) is 10.1. The first-order chi connectivity index (χ1) is 12.4. The van der Waals surface area contributed by atoms with Crippen LogP contribution in [0.5, 0.6) is 0 Å². The molecule has 136 valence electrons. The van der Waals surface area contributed by atoms with Gasteiger partial charge < -0.3 is 15.4 Å². The van der Waals surface area contributed by atoms with Crippen LogP contribution in [0.3, 0.4) is 0 Å². The smallest absolute Gasteiger partial charge is 0.340 e. The highest BCUT2D eigenvalue weighted by atomic mass is 79.9. The summed E-state index contributed by atoms with van der Waals surface area (Å²) in [5.41, 5.74) is 1.49. The zero-order valence-electron chi connectivity index (χ0n) is 14.5. The molecule has 0 aliphatic heterocycles. The van der Waals surface area contributed by atoms with Crippen molar-refractivity contribution in [2.45, 2.75) is 20.3 Å². The molecule has 0 fully saturated rings. The van der Waals surface area contributed by atoms with Crippen LogP contribution in [0.2, 0.25) is 0 Å². The highest BCUT2D eigenvalue weighted by molar-refractivity contribution is 9.10. The fraction of sp³-hybridized carbons (Fsp3) is 0.211. The van der Waals surface area contributed by atoms with Crippen molar-refractivity contribution in [1.82, 2.24) is 0 Å². The van der Waals surface area contributed by atoms with Crippen LogP contribution in [0.15, 0.2) is 46.9 Å². The molecule has 0 heterocycles. The van der Waals surface area contributed by atoms with Crippen LogP contribution in [0.25, 0.3) is 0 Å². The lowest BCUT2D eigenvalue weighted by molar-refractivity contribution is -0.114. The minimum Gasteiger partial charge on any atom is -0.462 e. The van der Waals surface area contributed by atoms with Gasteiger partial charge >= 0.3 is 5.97 Å². The van der Waals surface area contributed by atoms with Crippen LogP contribution in [0.4, 0.5) is 11.4 Å². The molecular weight excluding hydrogens is 400 g/mol. The van der Waals surface area contributed by atoms with Crippen LogP contribution < -0.4 is 10.6 Å². The molecule has 0 aliphatic rings. The van der Waals surface area contributed by atoms with Gasteiger partial charge in [0.25, 0.3) is 5.91 Å². The van der Waals surface area contributed by atoms with E-state index in [0.717, 1.165) is 0 Å². The predicted octanol–water partition coefficient (Wildman–Crippen LogP) is 4.23. The standard InChI is InChI=1S/C19H19BrN2O4/c1-3-9-26-19(25)16-11-14(20)7-8-17(16)22-18(24)13-5-4-6-15(10-13)21-12(2)23/h4-8,10-11H,3,9H2,1-2H3,(H,21,23)(H,22,24). The molecule has 2 rings (SSSR count). The van der Waals surface area contributed by atoms with E-state index < -0.39 is 11.9 Å². The second-order valence-electron chi connectivity index (χ2n) is 5.54. The van der Waals surface area contributed by atoms with E-state index in [1.54, 1.807) is 42.5 Å². The maximum absolute atomic E-state index is 12.5. The summed E-state index contributed by atoms with van der Waals surface area (Å²) in [6.45, 7) is 3.60. The Labute approximate surface area is 160 Å². The summed E-state index contributed by atoms with van der Waals surface area (Å²) in [5, 5.41) is 5.34. The van der Waals surface area contributed by atoms with Gasteiger partial charge in [0.1, 0.15) is 0 Å². The van der Waals surface area contributed by atoms with E-state index in [1.165, 1.54) is 6.92 Å². The van der Waals surface area contributed by atoms with Crippen molar-refractivity contribution < 1.29 is 19.1 Å². The number of rotatable bonds is 6. The van der Waals surface area contributed by atoms with Gasteiger partial charge in [-0.2, -0.15) is 0 Å². The Hall–Kier alpha value is -2.67. The molecule has 0 spiro atoms. The number of anilines is 2. The number of esters is 1. The van der Waals surface area contributed by atoms with Crippen molar-refractivity contribution in [1.29, 1.82) is 0 Å². The van der Waals surface area contributed by atoms with Gasteiger partial charge in [-0.1, -0.05) is 28.9 Å². The second-order valence-corrected chi connectivity index (χ2v) is 6.46. The molecule has 2 N–H and O–H groups in total. The molecule has 2 amide bonds. The number of ether oxygens (including phenoxy) is 1. The quantitative estimate of drug-likeness (QED) is 0.687. The highest BCUT2D eigenvalue weighted by Gasteiger charge is 2.16. The third-order valence-corrected chi connectivity index (χ3v) is 3.83. The van der Waals surface area contributed by atoms with Gasteiger partial charge in [0.15, 0.2) is 0 Å². The van der Waals surface area contributed by atoms with Gasteiger partial charge in [0, 0.05) is 22.6 Å². The van der Waals surface area contributed by atoms with Crippen LogP contribution >= 0.6 is 15.9 Å². The lowest BCUT2D eigenvalue weighted by Crippen LogP contribution is -2.16. The molecule has 2 aromatic carbocycles. The number of hydrogen-bond acceptors (Lipinski definition) is 4. The van der Waals surface area contributed by atoms with E-state index in [0.29, 0.717) is 34.4 Å². The number of carbonyl (C=O) groups is 3. The summed E-state index contributed by atoms with van der Waals surface area (Å²) in [5.74, 6) is -1.13. The first kappa shape index (κ1) is 19.7. The van der Waals surface area contributed by atoms with E-state index in [9.17, 15) is 14.4 Å². The summed E-state index contributed by atoms with van der Waals surface area (Å²) in [4.78, 5) is 35.9. The summed E-state index contributed by atoms with van der Waals surface area (Å²) < 4.78 is 5.87. The Morgan fingerprint density at radius 2 is 1.85 bits per heavy atom. The van der Waals surface area contributed by atoms with E-state index in [-0.39, 0.29) is 11.5 Å². The fourth-order valence-corrected chi connectivity index (χ4v) is 2.56. The Kier molecular flexibility index (Phi) is 6.91. The summed E-state index contributed by atoms with van der Waals surface area (Å²) >= 11 is 3.32. The summed E-state index contributed by atoms with van der Waals surface area (Å²) in [6, 6.07) is 11.5. The molecule has 0 saturated heterocycles. The number of halogens is 1. The minimum atomic E-state index is -0.504. The molecule has 0 atom stereocenters. The second kappa shape index (κ2) is 9.15. The Morgan fingerprint density at radius 1 is 1.08 bits per heavy atom. The van der Waals surface area contributed by atoms with Gasteiger partial charge in [0.2, 0.25) is 5.91 Å². The minimum absolute atomic E-state index is 0.226. The number of nitrogens with one attached hydrogen (secondary N) is 2. The molecule has 0 bridgehead atoms. The topological polar surface area (TPSA) is 84.5 Å². The van der Waals surface area contributed by atoms with Crippen LogP contribution in [-0.2, 0) is 9.53 Å². The Balaban J connectivity index is 2.23. The van der Waals surface area contributed by atoms with Crippen LogP contribution in [-0.4, -0.2) is 24.4 Å². The van der Waals surface area contributed by atoms with Crippen molar-refractivity contribution in [2.24, 2.45) is 0 Å². The number of amides is 2. The maximum atomic E-state index is 12.5. The molecule has 0 saturated carbocycles. The van der Waals surface area contributed by atoms with E-state index in [1.807, 2.05) is 6.92 Å². The van der Waals surface area contributed by atoms with Crippen molar-refractivity contribution in [3.8, 4) is 0 Å². The number of carbonyl (C=O) groups excluding carboxylic acids is 3. The average Bonchev–Trinajstić information content (AvgIpc) is 2.60. The molecule has 0 radical (unpaired) electrons. The van der Waals surface area contributed by atoms with Crippen molar-refractivity contribution in [3.05, 3.63) is 58.1 Å². The molecule has 0 unspecified atom stereocenters. The first-order valence-corrected chi connectivity index (χ1v) is 8.85. The van der Waals surface area contributed by atoms with Gasteiger partial charge in [0.05, 0.1) is 17.9 Å². The highest BCUT2D eigenvalue weighted by Crippen LogP contribution is 2.23. The first-order valence-electron chi connectivity index (χ1n) is 8.06. The summed E-state index contributed by atoms with van der Waals surface area (Å²) in [7, 11) is 0. The zero-order chi connectivity index (χ0) is 19.1. The SMILES string of the molecule is CCCOC(=O)c1cc(Br)ccc1NC(=O)c1cccc(NC(C)=O)c1. The van der Waals surface area contributed by atoms with Crippen molar-refractivity contribution >= 4 is 45.1 Å². The largest absolute Gasteiger partial charge is 0.462 e. The Bertz CT molecular complexity index is 836. The zero-order valence-corrected chi connectivity index (χ0v) is 16.1. The molecular formula is C19H19BrN2O4. The molecule has 7 heteroatoms. The number of benzene rings is 2. The lowest BCUT2D eigenvalue weighted by Gasteiger charge is -2.12. The van der Waals surface area contributed by atoms with Gasteiger partial charge in [-0.15, -0.1) is 0 Å². The van der Waals surface area contributed by atoms with Crippen molar-refractivity contribution in [3.63, 3.8) is 0 Å². The number of hydrogen-bond donors (Lipinski definition) is 2. The van der Waals surface area contributed by atoms with E-state index in [4.69, 9.17) is 4.74 Å². The van der Waals surface area contributed by atoms with Gasteiger partial charge in [-0.3, -0.25) is 9.59 Å². The molecule has 6 nitrogen and oxygen atoms in total. The van der Waals surface area contributed by atoms with E-state index in [2.05, 4.69) is 26.6 Å². The van der Waals surface area contributed by atoms with Crippen LogP contribution in [0, 0.1) is 0 Å². The van der Waals surface area contributed by atoms with Crippen LogP contribution in [0.1, 0.15) is 41.0 Å². The molecule has 0 aromatic heterocycles.